The number of hydrogen-bond acceptors (Lipinski definition) is 0. The Balaban J connectivity index is 2.61. The summed E-state index contributed by atoms with van der Waals surface area (Å²) in [5, 5.41) is 0. The summed E-state index contributed by atoms with van der Waals surface area (Å²) >= 11 is 2.71. The number of halogens is 1. The molecule has 0 spiro atoms. The maximum atomic E-state index is 2.71. The first kappa shape index (κ1) is 9.04. The fourth-order valence-corrected chi connectivity index (χ4v) is 10.3. The second kappa shape index (κ2) is 3.56. The van der Waals surface area contributed by atoms with Crippen LogP contribution in [0.25, 0.3) is 0 Å². The zero-order chi connectivity index (χ0) is 7.61. The van der Waals surface area contributed by atoms with Crippen LogP contribution in [0, 0.1) is 0 Å². The van der Waals surface area contributed by atoms with Crippen molar-refractivity contribution in [2.75, 3.05) is 0 Å². The van der Waals surface area contributed by atoms with E-state index in [1.807, 2.05) is 0 Å². The summed E-state index contributed by atoms with van der Waals surface area (Å²) in [6.45, 7) is 4.82. The van der Waals surface area contributed by atoms with E-state index in [9.17, 15) is 0 Å². The van der Waals surface area contributed by atoms with Crippen molar-refractivity contribution in [2.24, 2.45) is 0 Å². The van der Waals surface area contributed by atoms with Crippen LogP contribution in [0.1, 0.15) is 26.7 Å². The molecular formula is C8H17ISi. The Bertz CT molecular complexity index is 110. The molecule has 1 aliphatic rings. The van der Waals surface area contributed by atoms with Crippen LogP contribution < -0.4 is 0 Å². The molecule has 1 fully saturated rings. The average molecular weight is 268 g/mol. The lowest BCUT2D eigenvalue weighted by Crippen LogP contribution is -2.37. The summed E-state index contributed by atoms with van der Waals surface area (Å²) in [4.78, 5) is 0. The first-order valence-corrected chi connectivity index (χ1v) is 8.33. The SMILES string of the molecule is CC[Si]1(CC)CCCC1I. The molecule has 1 atom stereocenters. The number of rotatable bonds is 2. The van der Waals surface area contributed by atoms with E-state index in [4.69, 9.17) is 0 Å². The number of hydrogen-bond donors (Lipinski definition) is 0. The minimum absolute atomic E-state index is 0.697. The van der Waals surface area contributed by atoms with E-state index < -0.39 is 8.07 Å². The molecular weight excluding hydrogens is 251 g/mol. The van der Waals surface area contributed by atoms with Gasteiger partial charge in [0.1, 0.15) is 0 Å². The number of alkyl halides is 1. The third-order valence-electron chi connectivity index (χ3n) is 3.20. The van der Waals surface area contributed by atoms with Gasteiger partial charge in [-0.2, -0.15) is 0 Å². The predicted molar refractivity (Wildman–Crippen MR) is 58.6 cm³/mol. The van der Waals surface area contributed by atoms with Crippen molar-refractivity contribution < 1.29 is 0 Å². The van der Waals surface area contributed by atoms with Crippen LogP contribution in [-0.2, 0) is 0 Å². The van der Waals surface area contributed by atoms with E-state index in [0.29, 0.717) is 0 Å². The van der Waals surface area contributed by atoms with E-state index in [-0.39, 0.29) is 0 Å². The highest BCUT2D eigenvalue weighted by Gasteiger charge is 2.39. The molecule has 0 aromatic rings. The smallest absolute Gasteiger partial charge is 0.0671 e. The Hall–Kier alpha value is 0.947. The largest absolute Gasteiger partial charge is 0.0860 e. The summed E-state index contributed by atoms with van der Waals surface area (Å²) < 4.78 is 1.10. The lowest BCUT2D eigenvalue weighted by atomic mass is 10.4. The molecule has 1 aliphatic heterocycles. The molecule has 60 valence electrons. The maximum Gasteiger partial charge on any atom is 0.0671 e. The second-order valence-electron chi connectivity index (χ2n) is 3.43. The van der Waals surface area contributed by atoms with Crippen molar-refractivity contribution in [2.45, 2.75) is 48.4 Å². The Morgan fingerprint density at radius 3 is 2.20 bits per heavy atom. The quantitative estimate of drug-likeness (QED) is 0.408. The third-order valence-corrected chi connectivity index (χ3v) is 13.6. The van der Waals surface area contributed by atoms with Gasteiger partial charge in [0.2, 0.25) is 0 Å². The fraction of sp³-hybridized carbons (Fsp3) is 1.00. The average Bonchev–Trinajstić information content (AvgIpc) is 2.32. The highest BCUT2D eigenvalue weighted by Crippen LogP contribution is 2.39. The summed E-state index contributed by atoms with van der Waals surface area (Å²) in [6.07, 6.45) is 3.05. The Morgan fingerprint density at radius 2 is 2.00 bits per heavy atom. The van der Waals surface area contributed by atoms with Crippen molar-refractivity contribution in [3.8, 4) is 0 Å². The molecule has 1 saturated heterocycles. The van der Waals surface area contributed by atoms with Crippen LogP contribution in [0.2, 0.25) is 18.1 Å². The highest BCUT2D eigenvalue weighted by molar-refractivity contribution is 14.1. The molecule has 1 rings (SSSR count). The molecule has 0 N–H and O–H groups in total. The van der Waals surface area contributed by atoms with Crippen LogP contribution in [0.3, 0.4) is 0 Å². The summed E-state index contributed by atoms with van der Waals surface area (Å²) in [7, 11) is -0.697. The van der Waals surface area contributed by atoms with Gasteiger partial charge in [0.05, 0.1) is 8.07 Å². The van der Waals surface area contributed by atoms with Gasteiger partial charge in [-0.15, -0.1) is 0 Å². The topological polar surface area (TPSA) is 0 Å². The maximum absolute atomic E-state index is 2.71. The summed E-state index contributed by atoms with van der Waals surface area (Å²) in [6, 6.07) is 4.67. The van der Waals surface area contributed by atoms with Crippen LogP contribution in [0.4, 0.5) is 0 Å². The molecule has 0 aliphatic carbocycles. The molecule has 0 saturated carbocycles. The normalized spacial score (nSPS) is 30.9. The van der Waals surface area contributed by atoms with Crippen molar-refractivity contribution in [3.05, 3.63) is 0 Å². The first-order chi connectivity index (χ1) is 4.75. The molecule has 0 radical (unpaired) electrons. The molecule has 10 heavy (non-hydrogen) atoms. The van der Waals surface area contributed by atoms with Gasteiger partial charge in [0.15, 0.2) is 0 Å². The van der Waals surface area contributed by atoms with Crippen molar-refractivity contribution in [3.63, 3.8) is 0 Å². The van der Waals surface area contributed by atoms with E-state index in [1.54, 1.807) is 6.04 Å². The predicted octanol–water partition coefficient (Wildman–Crippen LogP) is 3.61. The van der Waals surface area contributed by atoms with E-state index >= 15 is 0 Å². The molecule has 2 heteroatoms. The zero-order valence-electron chi connectivity index (χ0n) is 6.99. The van der Waals surface area contributed by atoms with Gasteiger partial charge in [-0.1, -0.05) is 61.0 Å². The Labute approximate surface area is 78.9 Å². The van der Waals surface area contributed by atoms with Gasteiger partial charge < -0.3 is 0 Å². The third kappa shape index (κ3) is 1.42. The Kier molecular flexibility index (Phi) is 3.22. The molecule has 0 bridgehead atoms. The molecule has 0 aromatic carbocycles. The minimum atomic E-state index is -0.697. The first-order valence-electron chi connectivity index (χ1n) is 4.39. The van der Waals surface area contributed by atoms with E-state index in [0.717, 1.165) is 3.55 Å². The lowest BCUT2D eigenvalue weighted by molar-refractivity contribution is 0.930. The standard InChI is InChI=1S/C8H17ISi/c1-3-10(4-2)7-5-6-8(10)9/h8H,3-7H2,1-2H3. The van der Waals surface area contributed by atoms with E-state index in [1.165, 1.54) is 24.9 Å². The lowest BCUT2D eigenvalue weighted by Gasteiger charge is -2.27. The molecule has 1 heterocycles. The highest BCUT2D eigenvalue weighted by atomic mass is 127. The van der Waals surface area contributed by atoms with Crippen LogP contribution in [0.5, 0.6) is 0 Å². The van der Waals surface area contributed by atoms with Crippen molar-refractivity contribution >= 4 is 30.7 Å². The van der Waals surface area contributed by atoms with Crippen molar-refractivity contribution in [1.29, 1.82) is 0 Å². The van der Waals surface area contributed by atoms with Gasteiger partial charge >= 0.3 is 0 Å². The molecule has 0 nitrogen and oxygen atoms in total. The van der Waals surface area contributed by atoms with Crippen molar-refractivity contribution in [1.82, 2.24) is 0 Å². The van der Waals surface area contributed by atoms with Gasteiger partial charge in [-0.3, -0.25) is 0 Å². The molecule has 1 unspecified atom stereocenters. The van der Waals surface area contributed by atoms with Crippen LogP contribution in [0.15, 0.2) is 0 Å². The van der Waals surface area contributed by atoms with E-state index in [2.05, 4.69) is 36.4 Å². The fourth-order valence-electron chi connectivity index (χ4n) is 2.14. The zero-order valence-corrected chi connectivity index (χ0v) is 10.1. The minimum Gasteiger partial charge on any atom is -0.0860 e. The van der Waals surface area contributed by atoms with Crippen LogP contribution in [-0.4, -0.2) is 11.6 Å². The van der Waals surface area contributed by atoms with Crippen LogP contribution >= 0.6 is 22.6 Å². The molecule has 0 aromatic heterocycles. The second-order valence-corrected chi connectivity index (χ2v) is 11.4. The summed E-state index contributed by atoms with van der Waals surface area (Å²) in [5.41, 5.74) is 0. The Morgan fingerprint density at radius 1 is 1.40 bits per heavy atom. The monoisotopic (exact) mass is 268 g/mol. The van der Waals surface area contributed by atoms with Gasteiger partial charge in [-0.05, 0) is 6.42 Å². The van der Waals surface area contributed by atoms with Gasteiger partial charge in [0, 0.05) is 3.55 Å². The summed E-state index contributed by atoms with van der Waals surface area (Å²) in [5.74, 6) is 0. The molecule has 0 amide bonds. The van der Waals surface area contributed by atoms with Gasteiger partial charge in [0.25, 0.3) is 0 Å². The van der Waals surface area contributed by atoms with Gasteiger partial charge in [-0.25, -0.2) is 0 Å².